The van der Waals surface area contributed by atoms with Crippen LogP contribution in [0.4, 0.5) is 11.4 Å². The highest BCUT2D eigenvalue weighted by molar-refractivity contribution is 6.05. The molecule has 2 unspecified atom stereocenters. The molecule has 0 bridgehead atoms. The molecule has 0 aromatic heterocycles. The molecule has 2 aliphatic rings. The van der Waals surface area contributed by atoms with E-state index in [1.165, 1.54) is 4.90 Å². The van der Waals surface area contributed by atoms with Gasteiger partial charge in [0, 0.05) is 42.1 Å². The van der Waals surface area contributed by atoms with E-state index in [1.807, 2.05) is 24.3 Å². The van der Waals surface area contributed by atoms with Gasteiger partial charge in [0.25, 0.3) is 17.7 Å². The number of nitrogens with zero attached hydrogens (tertiary/aromatic N) is 2. The summed E-state index contributed by atoms with van der Waals surface area (Å²) in [5.41, 5.74) is 9.45. The van der Waals surface area contributed by atoms with Gasteiger partial charge in [-0.1, -0.05) is 30.3 Å². The lowest BCUT2D eigenvalue weighted by Crippen LogP contribution is -2.55. The predicted octanol–water partition coefficient (Wildman–Crippen LogP) is 1.86. The molecule has 2 atom stereocenters. The zero-order valence-corrected chi connectivity index (χ0v) is 20.5. The van der Waals surface area contributed by atoms with Gasteiger partial charge in [0.05, 0.1) is 6.61 Å². The Bertz CT molecular complexity index is 1380. The minimum absolute atomic E-state index is 0.105. The van der Waals surface area contributed by atoms with Gasteiger partial charge in [-0.3, -0.25) is 19.8 Å². The third kappa shape index (κ3) is 4.99. The van der Waals surface area contributed by atoms with Gasteiger partial charge < -0.3 is 30.7 Å². The maximum absolute atomic E-state index is 13.3. The van der Waals surface area contributed by atoms with Crippen molar-refractivity contribution in [3.8, 4) is 0 Å². The van der Waals surface area contributed by atoms with E-state index in [9.17, 15) is 19.5 Å². The van der Waals surface area contributed by atoms with Crippen LogP contribution in [0.25, 0.3) is 0 Å². The molecule has 3 aromatic rings. The van der Waals surface area contributed by atoms with Crippen molar-refractivity contribution in [2.45, 2.75) is 25.3 Å². The molecule has 1 saturated heterocycles. The largest absolute Gasteiger partial charge is 0.384 e. The first-order valence-electron chi connectivity index (χ1n) is 12.1. The van der Waals surface area contributed by atoms with Gasteiger partial charge in [-0.05, 0) is 53.6 Å². The first-order chi connectivity index (χ1) is 18.3. The number of hydrogen-bond donors (Lipinski definition) is 4. The maximum atomic E-state index is 13.3. The van der Waals surface area contributed by atoms with Gasteiger partial charge in [0.2, 0.25) is 0 Å². The third-order valence-corrected chi connectivity index (χ3v) is 6.67. The van der Waals surface area contributed by atoms with Crippen LogP contribution in [0.3, 0.4) is 0 Å². The number of carbonyl (C=O) groups excluding carboxylic acids is 3. The number of fused-ring (bicyclic) bond motifs is 1. The lowest BCUT2D eigenvalue weighted by Gasteiger charge is -2.34. The van der Waals surface area contributed by atoms with Gasteiger partial charge >= 0.3 is 0 Å². The van der Waals surface area contributed by atoms with E-state index in [4.69, 9.17) is 15.9 Å². The SMILES string of the molecule is N=C(N)c1ccc(NC(=O)C(O)C2OCCN(c3cccc(C(=O)N4Cc5ccccc5C4)c3)C2=O)cc1. The molecule has 3 aromatic carbocycles. The molecule has 0 spiro atoms. The topological polar surface area (TPSA) is 149 Å². The summed E-state index contributed by atoms with van der Waals surface area (Å²) < 4.78 is 5.49. The number of anilines is 2. The zero-order valence-electron chi connectivity index (χ0n) is 20.5. The highest BCUT2D eigenvalue weighted by Crippen LogP contribution is 2.27. The van der Waals surface area contributed by atoms with Crippen LogP contribution in [0.1, 0.15) is 27.0 Å². The molecular formula is C28H27N5O5. The van der Waals surface area contributed by atoms with E-state index in [0.717, 1.165) is 11.1 Å². The summed E-state index contributed by atoms with van der Waals surface area (Å²) in [4.78, 5) is 42.3. The number of morpholine rings is 1. The second-order valence-corrected chi connectivity index (χ2v) is 9.19. The molecule has 194 valence electrons. The Morgan fingerprint density at radius 3 is 2.34 bits per heavy atom. The summed E-state index contributed by atoms with van der Waals surface area (Å²) in [5, 5.41) is 20.6. The molecule has 0 saturated carbocycles. The molecule has 2 aliphatic heterocycles. The molecule has 5 rings (SSSR count). The number of aliphatic hydroxyl groups is 1. The minimum Gasteiger partial charge on any atom is -0.384 e. The molecule has 5 N–H and O–H groups in total. The molecule has 3 amide bonds. The van der Waals surface area contributed by atoms with Gasteiger partial charge in [0.15, 0.2) is 12.2 Å². The fourth-order valence-corrected chi connectivity index (χ4v) is 4.64. The van der Waals surface area contributed by atoms with E-state index < -0.39 is 24.0 Å². The molecule has 2 heterocycles. The summed E-state index contributed by atoms with van der Waals surface area (Å²) in [6.45, 7) is 1.36. The van der Waals surface area contributed by atoms with Gasteiger partial charge in [0.1, 0.15) is 5.84 Å². The average molecular weight is 514 g/mol. The van der Waals surface area contributed by atoms with Crippen molar-refractivity contribution in [2.24, 2.45) is 5.73 Å². The number of aliphatic hydroxyl groups excluding tert-OH is 1. The van der Waals surface area contributed by atoms with Crippen molar-refractivity contribution in [1.29, 1.82) is 5.41 Å². The Balaban J connectivity index is 1.27. The standard InChI is InChI=1S/C28H27N5O5/c29-25(30)17-8-10-21(11-9-17)31-26(35)23(34)24-28(37)33(12-13-38-24)22-7-3-6-18(14-22)27(36)32-15-19-4-1-2-5-20(19)16-32/h1-11,14,23-24,34H,12-13,15-16H2,(H3,29,30)(H,31,35). The lowest BCUT2D eigenvalue weighted by atomic mass is 10.1. The van der Waals surface area contributed by atoms with Crippen LogP contribution in [-0.4, -0.2) is 58.9 Å². The summed E-state index contributed by atoms with van der Waals surface area (Å²) in [6.07, 6.45) is -3.17. The Hall–Kier alpha value is -4.54. The van der Waals surface area contributed by atoms with Crippen molar-refractivity contribution in [1.82, 2.24) is 4.90 Å². The summed E-state index contributed by atoms with van der Waals surface area (Å²) in [5.74, 6) is -1.64. The first-order valence-corrected chi connectivity index (χ1v) is 12.1. The van der Waals surface area contributed by atoms with Crippen LogP contribution >= 0.6 is 0 Å². The quantitative estimate of drug-likeness (QED) is 0.292. The normalized spacial score (nSPS) is 17.6. The minimum atomic E-state index is -1.76. The fraction of sp³-hybridized carbons (Fsp3) is 0.214. The number of nitrogens with two attached hydrogens (primary N) is 1. The lowest BCUT2D eigenvalue weighted by molar-refractivity contribution is -0.150. The summed E-state index contributed by atoms with van der Waals surface area (Å²) in [7, 11) is 0. The van der Waals surface area contributed by atoms with E-state index in [1.54, 1.807) is 53.4 Å². The van der Waals surface area contributed by atoms with Crippen molar-refractivity contribution in [2.75, 3.05) is 23.4 Å². The van der Waals surface area contributed by atoms with Crippen LogP contribution in [-0.2, 0) is 27.4 Å². The van der Waals surface area contributed by atoms with Crippen molar-refractivity contribution >= 4 is 34.9 Å². The number of rotatable bonds is 6. The third-order valence-electron chi connectivity index (χ3n) is 6.67. The maximum Gasteiger partial charge on any atom is 0.259 e. The molecule has 1 fully saturated rings. The van der Waals surface area contributed by atoms with Crippen molar-refractivity contribution in [3.63, 3.8) is 0 Å². The highest BCUT2D eigenvalue weighted by atomic mass is 16.5. The van der Waals surface area contributed by atoms with E-state index in [0.29, 0.717) is 35.6 Å². The van der Waals surface area contributed by atoms with Crippen LogP contribution < -0.4 is 16.0 Å². The molecule has 0 aliphatic carbocycles. The summed E-state index contributed by atoms with van der Waals surface area (Å²) >= 11 is 0. The number of benzene rings is 3. The molecule has 38 heavy (non-hydrogen) atoms. The van der Waals surface area contributed by atoms with E-state index in [2.05, 4.69) is 5.32 Å². The second-order valence-electron chi connectivity index (χ2n) is 9.19. The van der Waals surface area contributed by atoms with Crippen LogP contribution in [0.5, 0.6) is 0 Å². The fourth-order valence-electron chi connectivity index (χ4n) is 4.64. The number of hydrogen-bond acceptors (Lipinski definition) is 6. The van der Waals surface area contributed by atoms with E-state index in [-0.39, 0.29) is 24.9 Å². The van der Waals surface area contributed by atoms with Gasteiger partial charge in [-0.2, -0.15) is 0 Å². The van der Waals surface area contributed by atoms with Gasteiger partial charge in [-0.25, -0.2) is 0 Å². The number of ether oxygens (including phenoxy) is 1. The smallest absolute Gasteiger partial charge is 0.259 e. The Morgan fingerprint density at radius 2 is 1.68 bits per heavy atom. The number of amidine groups is 1. The zero-order chi connectivity index (χ0) is 26.8. The number of nitrogens with one attached hydrogen (secondary N) is 2. The Morgan fingerprint density at radius 1 is 1.00 bits per heavy atom. The molecule has 0 radical (unpaired) electrons. The highest BCUT2D eigenvalue weighted by Gasteiger charge is 2.39. The van der Waals surface area contributed by atoms with Crippen LogP contribution in [0, 0.1) is 5.41 Å². The number of amides is 3. The summed E-state index contributed by atoms with van der Waals surface area (Å²) in [6, 6.07) is 20.9. The van der Waals surface area contributed by atoms with Gasteiger partial charge in [-0.15, -0.1) is 0 Å². The molecule has 10 nitrogen and oxygen atoms in total. The molecular weight excluding hydrogens is 486 g/mol. The molecule has 10 heteroatoms. The average Bonchev–Trinajstić information content (AvgIpc) is 3.37. The number of carbonyl (C=O) groups is 3. The van der Waals surface area contributed by atoms with E-state index >= 15 is 0 Å². The van der Waals surface area contributed by atoms with Crippen LogP contribution in [0.15, 0.2) is 72.8 Å². The first kappa shape index (κ1) is 25.1. The van der Waals surface area contributed by atoms with Crippen LogP contribution in [0.2, 0.25) is 0 Å². The number of nitrogen functional groups attached to an aromatic ring is 1. The van der Waals surface area contributed by atoms with Crippen molar-refractivity contribution < 1.29 is 24.2 Å². The Kier molecular flexibility index (Phi) is 6.91. The predicted molar refractivity (Wildman–Crippen MR) is 141 cm³/mol. The van der Waals surface area contributed by atoms with Crippen molar-refractivity contribution in [3.05, 3.63) is 95.1 Å². The Labute approximate surface area is 219 Å². The monoisotopic (exact) mass is 513 g/mol. The second kappa shape index (κ2) is 10.4.